The van der Waals surface area contributed by atoms with E-state index in [0.717, 1.165) is 25.3 Å². The van der Waals surface area contributed by atoms with E-state index in [0.29, 0.717) is 0 Å². The summed E-state index contributed by atoms with van der Waals surface area (Å²) >= 11 is 0. The van der Waals surface area contributed by atoms with Gasteiger partial charge in [0.15, 0.2) is 0 Å². The summed E-state index contributed by atoms with van der Waals surface area (Å²) in [6, 6.07) is 0. The van der Waals surface area contributed by atoms with Crippen LogP contribution in [0.25, 0.3) is 0 Å². The number of hydrogen-bond acceptors (Lipinski definition) is 3. The number of aliphatic hydroxyl groups excluding tert-OH is 1. The van der Waals surface area contributed by atoms with Gasteiger partial charge in [-0.15, -0.1) is 0 Å². The predicted octanol–water partition coefficient (Wildman–Crippen LogP) is 2.89. The summed E-state index contributed by atoms with van der Waals surface area (Å²) in [5.41, 5.74) is -0.0908. The van der Waals surface area contributed by atoms with Crippen LogP contribution in [0.5, 0.6) is 0 Å². The van der Waals surface area contributed by atoms with Gasteiger partial charge < -0.3 is 15.3 Å². The molecule has 0 spiro atoms. The zero-order valence-corrected chi connectivity index (χ0v) is 13.8. The van der Waals surface area contributed by atoms with Crippen LogP contribution in [-0.4, -0.2) is 48.8 Å². The lowest BCUT2D eigenvalue weighted by Crippen LogP contribution is -2.46. The third-order valence-corrected chi connectivity index (χ3v) is 3.76. The lowest BCUT2D eigenvalue weighted by atomic mass is 9.95. The summed E-state index contributed by atoms with van der Waals surface area (Å²) in [5, 5.41) is 13.0. The summed E-state index contributed by atoms with van der Waals surface area (Å²) in [7, 11) is 2.21. The first-order chi connectivity index (χ1) is 8.93. The Balaban J connectivity index is 3.70. The molecule has 0 saturated heterocycles. The van der Waals surface area contributed by atoms with Crippen LogP contribution in [0.4, 0.5) is 0 Å². The largest absolute Gasteiger partial charge is 0.394 e. The van der Waals surface area contributed by atoms with Crippen molar-refractivity contribution in [1.29, 1.82) is 0 Å². The predicted molar refractivity (Wildman–Crippen MR) is 84.6 cm³/mol. The molecule has 0 aromatic rings. The fourth-order valence-corrected chi connectivity index (χ4v) is 2.14. The molecule has 19 heavy (non-hydrogen) atoms. The number of aliphatic hydroxyl groups is 1. The maximum absolute atomic E-state index is 9.49. The normalized spacial score (nSPS) is 15.2. The first kappa shape index (κ1) is 18.9. The number of rotatable bonds is 12. The summed E-state index contributed by atoms with van der Waals surface area (Å²) in [6.45, 7) is 12.4. The van der Waals surface area contributed by atoms with E-state index in [1.54, 1.807) is 0 Å². The van der Waals surface area contributed by atoms with Crippen LogP contribution in [-0.2, 0) is 0 Å². The molecule has 3 nitrogen and oxygen atoms in total. The molecule has 0 rings (SSSR count). The molecule has 1 unspecified atom stereocenters. The van der Waals surface area contributed by atoms with Gasteiger partial charge in [0.2, 0.25) is 0 Å². The van der Waals surface area contributed by atoms with Crippen LogP contribution in [0.3, 0.4) is 0 Å². The molecule has 2 N–H and O–H groups in total. The van der Waals surface area contributed by atoms with Gasteiger partial charge in [0, 0.05) is 5.54 Å². The summed E-state index contributed by atoms with van der Waals surface area (Å²) in [5.74, 6) is 0.790. The van der Waals surface area contributed by atoms with Gasteiger partial charge in [-0.05, 0) is 65.2 Å². The Morgan fingerprint density at radius 1 is 1.21 bits per heavy atom. The van der Waals surface area contributed by atoms with E-state index in [1.165, 1.54) is 32.4 Å². The van der Waals surface area contributed by atoms with E-state index in [4.69, 9.17) is 0 Å². The Hall–Kier alpha value is -0.120. The van der Waals surface area contributed by atoms with Gasteiger partial charge in [-0.3, -0.25) is 0 Å². The minimum atomic E-state index is -0.0908. The van der Waals surface area contributed by atoms with Crippen LogP contribution < -0.4 is 5.32 Å². The van der Waals surface area contributed by atoms with Crippen molar-refractivity contribution >= 4 is 0 Å². The molecule has 0 fully saturated rings. The fraction of sp³-hybridized carbons (Fsp3) is 1.00. The highest BCUT2D eigenvalue weighted by Crippen LogP contribution is 2.13. The molecule has 0 aromatic carbocycles. The highest BCUT2D eigenvalue weighted by Gasteiger charge is 2.21. The fourth-order valence-electron chi connectivity index (χ4n) is 2.14. The first-order valence-electron chi connectivity index (χ1n) is 7.98. The zero-order valence-electron chi connectivity index (χ0n) is 13.8. The number of hydrogen-bond donors (Lipinski definition) is 2. The van der Waals surface area contributed by atoms with Crippen LogP contribution >= 0.6 is 0 Å². The molecule has 0 aliphatic heterocycles. The van der Waals surface area contributed by atoms with Crippen LogP contribution in [0, 0.1) is 5.92 Å². The van der Waals surface area contributed by atoms with Crippen LogP contribution in [0.1, 0.15) is 59.8 Å². The Labute approximate surface area is 120 Å². The molecular weight excluding hydrogens is 236 g/mol. The second-order valence-electron chi connectivity index (χ2n) is 6.59. The molecule has 116 valence electrons. The molecule has 0 aliphatic rings. The van der Waals surface area contributed by atoms with E-state index in [1.807, 2.05) is 0 Å². The van der Waals surface area contributed by atoms with Gasteiger partial charge in [0.1, 0.15) is 0 Å². The SMILES string of the molecule is CCCNC(C)(CO)CCCCN(C)CCC(C)C. The lowest BCUT2D eigenvalue weighted by Gasteiger charge is -2.29. The minimum Gasteiger partial charge on any atom is -0.394 e. The van der Waals surface area contributed by atoms with Crippen molar-refractivity contribution in [3.63, 3.8) is 0 Å². The molecule has 0 heterocycles. The van der Waals surface area contributed by atoms with Crippen LogP contribution in [0.2, 0.25) is 0 Å². The van der Waals surface area contributed by atoms with Gasteiger partial charge in [-0.2, -0.15) is 0 Å². The van der Waals surface area contributed by atoms with Gasteiger partial charge in [-0.1, -0.05) is 27.2 Å². The van der Waals surface area contributed by atoms with Crippen molar-refractivity contribution in [2.24, 2.45) is 5.92 Å². The molecule has 3 heteroatoms. The van der Waals surface area contributed by atoms with Crippen molar-refractivity contribution in [3.8, 4) is 0 Å². The van der Waals surface area contributed by atoms with Crippen molar-refractivity contribution in [2.75, 3.05) is 33.3 Å². The quantitative estimate of drug-likeness (QED) is 0.536. The van der Waals surface area contributed by atoms with Crippen molar-refractivity contribution in [1.82, 2.24) is 10.2 Å². The second kappa shape index (κ2) is 10.6. The smallest absolute Gasteiger partial charge is 0.0610 e. The summed E-state index contributed by atoms with van der Waals surface area (Å²) < 4.78 is 0. The molecule has 0 bridgehead atoms. The third-order valence-electron chi connectivity index (χ3n) is 3.76. The van der Waals surface area contributed by atoms with E-state index in [-0.39, 0.29) is 12.1 Å². The maximum atomic E-state index is 9.49. The van der Waals surface area contributed by atoms with Gasteiger partial charge in [0.05, 0.1) is 6.61 Å². The average molecular weight is 272 g/mol. The Kier molecular flexibility index (Phi) is 10.6. The molecule has 1 atom stereocenters. The summed E-state index contributed by atoms with van der Waals surface area (Å²) in [6.07, 6.45) is 5.86. The zero-order chi connectivity index (χ0) is 14.7. The average Bonchev–Trinajstić information content (AvgIpc) is 2.39. The van der Waals surface area contributed by atoms with Crippen molar-refractivity contribution < 1.29 is 5.11 Å². The second-order valence-corrected chi connectivity index (χ2v) is 6.59. The molecular formula is C16H36N2O. The minimum absolute atomic E-state index is 0.0908. The van der Waals surface area contributed by atoms with Crippen molar-refractivity contribution in [2.45, 2.75) is 65.3 Å². The molecule has 0 radical (unpaired) electrons. The van der Waals surface area contributed by atoms with Gasteiger partial charge in [-0.25, -0.2) is 0 Å². The van der Waals surface area contributed by atoms with Crippen LogP contribution in [0.15, 0.2) is 0 Å². The van der Waals surface area contributed by atoms with E-state index in [9.17, 15) is 5.11 Å². The Morgan fingerprint density at radius 3 is 2.42 bits per heavy atom. The highest BCUT2D eigenvalue weighted by molar-refractivity contribution is 4.81. The molecule has 0 saturated carbocycles. The van der Waals surface area contributed by atoms with E-state index < -0.39 is 0 Å². The Bertz CT molecular complexity index is 209. The van der Waals surface area contributed by atoms with Crippen molar-refractivity contribution in [3.05, 3.63) is 0 Å². The Morgan fingerprint density at radius 2 is 1.89 bits per heavy atom. The molecule has 0 aromatic heterocycles. The monoisotopic (exact) mass is 272 g/mol. The van der Waals surface area contributed by atoms with E-state index >= 15 is 0 Å². The molecule has 0 amide bonds. The third kappa shape index (κ3) is 10.3. The summed E-state index contributed by atoms with van der Waals surface area (Å²) in [4.78, 5) is 2.43. The van der Waals surface area contributed by atoms with E-state index in [2.05, 4.69) is 45.0 Å². The highest BCUT2D eigenvalue weighted by atomic mass is 16.3. The number of nitrogens with one attached hydrogen (secondary N) is 1. The maximum Gasteiger partial charge on any atom is 0.0610 e. The number of nitrogens with zero attached hydrogens (tertiary/aromatic N) is 1. The number of unbranched alkanes of at least 4 members (excludes halogenated alkanes) is 1. The van der Waals surface area contributed by atoms with Gasteiger partial charge in [0.25, 0.3) is 0 Å². The lowest BCUT2D eigenvalue weighted by molar-refractivity contribution is 0.161. The molecule has 0 aliphatic carbocycles. The topological polar surface area (TPSA) is 35.5 Å². The standard InChI is InChI=1S/C16H36N2O/c1-6-11-17-16(4,14-19)10-7-8-12-18(5)13-9-15(2)3/h15,17,19H,6-14H2,1-5H3. The van der Waals surface area contributed by atoms with Gasteiger partial charge >= 0.3 is 0 Å². The first-order valence-corrected chi connectivity index (χ1v) is 7.98.